The average Bonchev–Trinajstić information content (AvgIpc) is 2.30. The zero-order valence-electron chi connectivity index (χ0n) is 8.87. The second-order valence-corrected chi connectivity index (χ2v) is 3.63. The number of anilines is 1. The Hall–Kier alpha value is -2.08. The number of amides is 1. The van der Waals surface area contributed by atoms with Crippen molar-refractivity contribution in [3.05, 3.63) is 24.3 Å². The van der Waals surface area contributed by atoms with E-state index < -0.39 is 12.1 Å². The highest BCUT2D eigenvalue weighted by Crippen LogP contribution is 2.28. The van der Waals surface area contributed by atoms with E-state index in [1.807, 2.05) is 0 Å². The lowest BCUT2D eigenvalue weighted by molar-refractivity contribution is -0.154. The third-order valence-electron chi connectivity index (χ3n) is 2.51. The van der Waals surface area contributed by atoms with Crippen LogP contribution in [0.4, 0.5) is 5.69 Å². The first-order valence-electron chi connectivity index (χ1n) is 5.02. The maximum Gasteiger partial charge on any atom is 0.334 e. The highest BCUT2D eigenvalue weighted by molar-refractivity contribution is 5.97. The molecule has 1 heterocycles. The molecule has 1 fully saturated rings. The number of carbonyl (C=O) groups excluding carboxylic acids is 1. The van der Waals surface area contributed by atoms with Gasteiger partial charge in [-0.2, -0.15) is 0 Å². The first-order chi connectivity index (χ1) is 8.09. The molecule has 0 aliphatic carbocycles. The molecule has 1 saturated heterocycles. The van der Waals surface area contributed by atoms with Gasteiger partial charge in [-0.1, -0.05) is 12.1 Å². The summed E-state index contributed by atoms with van der Waals surface area (Å²) >= 11 is 0. The van der Waals surface area contributed by atoms with E-state index in [9.17, 15) is 14.7 Å². The highest BCUT2D eigenvalue weighted by Gasteiger charge is 2.32. The van der Waals surface area contributed by atoms with E-state index in [2.05, 4.69) is 0 Å². The molecule has 17 heavy (non-hydrogen) atoms. The van der Waals surface area contributed by atoms with Crippen LogP contribution in [0, 0.1) is 0 Å². The number of hydrogen-bond acceptors (Lipinski definition) is 4. The van der Waals surface area contributed by atoms with Gasteiger partial charge in [0.05, 0.1) is 12.2 Å². The van der Waals surface area contributed by atoms with Crippen molar-refractivity contribution in [2.75, 3.05) is 18.1 Å². The molecule has 0 aromatic heterocycles. The summed E-state index contributed by atoms with van der Waals surface area (Å²) in [5.41, 5.74) is 0.298. The molecular formula is C11H11NO5. The van der Waals surface area contributed by atoms with Crippen LogP contribution in [0.1, 0.15) is 0 Å². The van der Waals surface area contributed by atoms with Crippen molar-refractivity contribution < 1.29 is 24.5 Å². The number of nitrogens with zero attached hydrogens (tertiary/aromatic N) is 1. The molecule has 90 valence electrons. The Morgan fingerprint density at radius 1 is 1.41 bits per heavy atom. The van der Waals surface area contributed by atoms with Gasteiger partial charge in [-0.3, -0.25) is 4.79 Å². The number of ether oxygens (including phenoxy) is 1. The predicted octanol–water partition coefficient (Wildman–Crippen LogP) is 0.209. The van der Waals surface area contributed by atoms with Crippen LogP contribution in [0.25, 0.3) is 0 Å². The summed E-state index contributed by atoms with van der Waals surface area (Å²) in [5.74, 6) is -1.56. The number of hydrogen-bond donors (Lipinski definition) is 2. The Morgan fingerprint density at radius 3 is 2.76 bits per heavy atom. The summed E-state index contributed by atoms with van der Waals surface area (Å²) in [7, 11) is 0. The second kappa shape index (κ2) is 4.42. The molecule has 1 unspecified atom stereocenters. The van der Waals surface area contributed by atoms with Gasteiger partial charge in [0.25, 0.3) is 5.91 Å². The number of carboxylic acids is 1. The van der Waals surface area contributed by atoms with Crippen LogP contribution in [0.5, 0.6) is 5.75 Å². The first-order valence-corrected chi connectivity index (χ1v) is 5.02. The van der Waals surface area contributed by atoms with Gasteiger partial charge in [-0.25, -0.2) is 4.79 Å². The molecular weight excluding hydrogens is 226 g/mol. The molecule has 1 aromatic carbocycles. The van der Waals surface area contributed by atoms with Gasteiger partial charge in [-0.15, -0.1) is 0 Å². The van der Waals surface area contributed by atoms with E-state index in [1.165, 1.54) is 11.0 Å². The lowest BCUT2D eigenvalue weighted by Gasteiger charge is -2.30. The lowest BCUT2D eigenvalue weighted by Crippen LogP contribution is -2.49. The molecule has 1 aliphatic heterocycles. The normalized spacial score (nSPS) is 20.4. The van der Waals surface area contributed by atoms with E-state index in [0.29, 0.717) is 5.69 Å². The summed E-state index contributed by atoms with van der Waals surface area (Å²) in [4.78, 5) is 23.6. The van der Waals surface area contributed by atoms with Crippen molar-refractivity contribution in [3.8, 4) is 5.75 Å². The second-order valence-electron chi connectivity index (χ2n) is 3.63. The molecule has 1 amide bonds. The molecule has 0 bridgehead atoms. The van der Waals surface area contributed by atoms with Gasteiger partial charge in [0.15, 0.2) is 6.10 Å². The minimum Gasteiger partial charge on any atom is -0.506 e. The van der Waals surface area contributed by atoms with Gasteiger partial charge in [0.1, 0.15) is 12.4 Å². The van der Waals surface area contributed by atoms with Crippen LogP contribution in [0.3, 0.4) is 0 Å². The Morgan fingerprint density at radius 2 is 2.12 bits per heavy atom. The summed E-state index contributed by atoms with van der Waals surface area (Å²) in [6.07, 6.45) is -1.06. The van der Waals surface area contributed by atoms with Crippen LogP contribution in [0.15, 0.2) is 24.3 Å². The van der Waals surface area contributed by atoms with Gasteiger partial charge in [0, 0.05) is 0 Å². The fourth-order valence-corrected chi connectivity index (χ4v) is 1.64. The van der Waals surface area contributed by atoms with E-state index >= 15 is 0 Å². The number of aliphatic carboxylic acids is 1. The maximum absolute atomic E-state index is 11.6. The quantitative estimate of drug-likeness (QED) is 0.767. The van der Waals surface area contributed by atoms with Gasteiger partial charge >= 0.3 is 5.97 Å². The van der Waals surface area contributed by atoms with Crippen LogP contribution >= 0.6 is 0 Å². The highest BCUT2D eigenvalue weighted by atomic mass is 16.5. The number of para-hydroxylation sites is 2. The predicted molar refractivity (Wildman–Crippen MR) is 57.8 cm³/mol. The Bertz CT molecular complexity index is 459. The summed E-state index contributed by atoms with van der Waals surface area (Å²) < 4.78 is 4.87. The monoisotopic (exact) mass is 237 g/mol. The van der Waals surface area contributed by atoms with Crippen molar-refractivity contribution in [2.24, 2.45) is 0 Å². The number of morpholine rings is 1. The van der Waals surface area contributed by atoms with Crippen LogP contribution < -0.4 is 4.90 Å². The average molecular weight is 237 g/mol. The molecule has 1 atom stereocenters. The van der Waals surface area contributed by atoms with Gasteiger partial charge in [-0.05, 0) is 12.1 Å². The van der Waals surface area contributed by atoms with Crippen molar-refractivity contribution in [3.63, 3.8) is 0 Å². The number of benzene rings is 1. The number of rotatable bonds is 2. The molecule has 1 aliphatic rings. The molecule has 6 heteroatoms. The van der Waals surface area contributed by atoms with Crippen molar-refractivity contribution in [1.29, 1.82) is 0 Å². The zero-order valence-corrected chi connectivity index (χ0v) is 8.87. The van der Waals surface area contributed by atoms with E-state index in [4.69, 9.17) is 9.84 Å². The molecule has 2 N–H and O–H groups in total. The minimum absolute atomic E-state index is 0.0631. The Balaban J connectivity index is 2.27. The standard InChI is InChI=1S/C11H11NO5/c13-8-4-2-1-3-7(8)12-5-9(11(15)16)17-6-10(12)14/h1-4,9,13H,5-6H2,(H,15,16). The fourth-order valence-electron chi connectivity index (χ4n) is 1.64. The zero-order chi connectivity index (χ0) is 12.4. The fraction of sp³-hybridized carbons (Fsp3) is 0.273. The Kier molecular flexibility index (Phi) is 2.97. The molecule has 2 rings (SSSR count). The van der Waals surface area contributed by atoms with Crippen LogP contribution in [0.2, 0.25) is 0 Å². The number of phenols is 1. The van der Waals surface area contributed by atoms with Gasteiger partial charge in [0.2, 0.25) is 0 Å². The molecule has 0 saturated carbocycles. The maximum atomic E-state index is 11.6. The molecule has 0 radical (unpaired) electrons. The van der Waals surface area contributed by atoms with Crippen molar-refractivity contribution in [2.45, 2.75) is 6.10 Å². The third kappa shape index (κ3) is 2.21. The van der Waals surface area contributed by atoms with E-state index in [-0.39, 0.29) is 24.8 Å². The Labute approximate surface area is 97.0 Å². The van der Waals surface area contributed by atoms with Crippen molar-refractivity contribution in [1.82, 2.24) is 0 Å². The lowest BCUT2D eigenvalue weighted by atomic mass is 10.2. The van der Waals surface area contributed by atoms with Crippen molar-refractivity contribution >= 4 is 17.6 Å². The number of aromatic hydroxyl groups is 1. The topological polar surface area (TPSA) is 87.1 Å². The van der Waals surface area contributed by atoms with Gasteiger partial charge < -0.3 is 19.8 Å². The number of carboxylic acid groups (broad SMARTS) is 1. The van der Waals surface area contributed by atoms with Crippen LogP contribution in [-0.4, -0.2) is 41.3 Å². The third-order valence-corrected chi connectivity index (χ3v) is 2.51. The minimum atomic E-state index is -1.13. The largest absolute Gasteiger partial charge is 0.506 e. The van der Waals surface area contributed by atoms with E-state index in [0.717, 1.165) is 0 Å². The smallest absolute Gasteiger partial charge is 0.334 e. The number of carbonyl (C=O) groups is 2. The molecule has 1 aromatic rings. The molecule has 6 nitrogen and oxygen atoms in total. The summed E-state index contributed by atoms with van der Waals surface area (Å²) in [5, 5.41) is 18.5. The number of phenolic OH excluding ortho intramolecular Hbond substituents is 1. The first kappa shape index (κ1) is 11.4. The summed E-state index contributed by atoms with van der Waals surface area (Å²) in [6.45, 7) is -0.406. The molecule has 0 spiro atoms. The van der Waals surface area contributed by atoms with E-state index in [1.54, 1.807) is 18.2 Å². The summed E-state index contributed by atoms with van der Waals surface area (Å²) in [6, 6.07) is 6.28. The SMILES string of the molecule is O=C(O)C1CN(c2ccccc2O)C(=O)CO1. The van der Waals surface area contributed by atoms with Crippen LogP contribution in [-0.2, 0) is 14.3 Å².